The van der Waals surface area contributed by atoms with Gasteiger partial charge in [0.2, 0.25) is 0 Å². The summed E-state index contributed by atoms with van der Waals surface area (Å²) in [4.78, 5) is 24.4. The first-order valence-corrected chi connectivity index (χ1v) is 10.1. The summed E-state index contributed by atoms with van der Waals surface area (Å²) in [5.41, 5.74) is 1.52. The van der Waals surface area contributed by atoms with E-state index < -0.39 is 0 Å². The molecule has 0 atom stereocenters. The third-order valence-corrected chi connectivity index (χ3v) is 5.31. The van der Waals surface area contributed by atoms with Gasteiger partial charge < -0.3 is 20.4 Å². The molecule has 4 rings (SSSR count). The summed E-state index contributed by atoms with van der Waals surface area (Å²) in [5, 5.41) is 16.5. The quantitative estimate of drug-likeness (QED) is 0.550. The van der Waals surface area contributed by atoms with Gasteiger partial charge in [0.15, 0.2) is 0 Å². The van der Waals surface area contributed by atoms with Crippen LogP contribution in [0.2, 0.25) is 0 Å². The van der Waals surface area contributed by atoms with Crippen LogP contribution in [0.4, 0.5) is 0 Å². The topological polar surface area (TPSA) is 116 Å². The molecule has 1 saturated heterocycles. The summed E-state index contributed by atoms with van der Waals surface area (Å²) in [7, 11) is 0. The number of rotatable bonds is 7. The number of hydrogen-bond donors (Lipinski definition) is 3. The van der Waals surface area contributed by atoms with Crippen molar-refractivity contribution in [2.45, 2.75) is 26.0 Å². The van der Waals surface area contributed by atoms with E-state index in [2.05, 4.69) is 31.7 Å². The predicted molar refractivity (Wildman–Crippen MR) is 113 cm³/mol. The number of benzene rings is 1. The Balaban J connectivity index is 1.50. The maximum Gasteiger partial charge on any atom is 0.258 e. The average Bonchev–Trinajstić information content (AvgIpc) is 2.79. The Hall–Kier alpha value is -3.28. The number of aromatic amines is 1. The van der Waals surface area contributed by atoms with E-state index in [-0.39, 0.29) is 12.2 Å². The zero-order valence-electron chi connectivity index (χ0n) is 16.6. The van der Waals surface area contributed by atoms with Crippen LogP contribution >= 0.6 is 0 Å². The number of piperidine rings is 1. The molecule has 0 saturated carbocycles. The van der Waals surface area contributed by atoms with Crippen LogP contribution in [0.25, 0.3) is 10.9 Å². The molecule has 0 bridgehead atoms. The molecule has 3 aromatic rings. The van der Waals surface area contributed by atoms with Crippen LogP contribution in [-0.2, 0) is 13.2 Å². The minimum absolute atomic E-state index is 0.0563. The zero-order valence-corrected chi connectivity index (χ0v) is 16.6. The molecule has 1 aliphatic heterocycles. The Morgan fingerprint density at radius 1 is 1.23 bits per heavy atom. The molecule has 0 spiro atoms. The summed E-state index contributed by atoms with van der Waals surface area (Å²) in [6, 6.07) is 10.7. The molecule has 3 heterocycles. The number of nitriles is 1. The van der Waals surface area contributed by atoms with Crippen molar-refractivity contribution in [1.29, 1.82) is 5.26 Å². The first-order chi connectivity index (χ1) is 14.7. The van der Waals surface area contributed by atoms with Crippen molar-refractivity contribution in [3.8, 4) is 11.8 Å². The fourth-order valence-corrected chi connectivity index (χ4v) is 3.68. The van der Waals surface area contributed by atoms with Gasteiger partial charge >= 0.3 is 0 Å². The Bertz CT molecular complexity index is 1110. The number of H-pyrrole nitrogens is 1. The number of nitrogens with one attached hydrogen (secondary N) is 3. The van der Waals surface area contributed by atoms with Crippen molar-refractivity contribution in [2.75, 3.05) is 19.6 Å². The smallest absolute Gasteiger partial charge is 0.258 e. The maximum absolute atomic E-state index is 12.5. The van der Waals surface area contributed by atoms with Gasteiger partial charge in [-0.25, -0.2) is 4.98 Å². The molecule has 8 heteroatoms. The van der Waals surface area contributed by atoms with Gasteiger partial charge in [0, 0.05) is 12.7 Å². The summed E-state index contributed by atoms with van der Waals surface area (Å²) in [6.45, 7) is 3.65. The number of hydrogen-bond acceptors (Lipinski definition) is 7. The Labute approximate surface area is 174 Å². The SMILES string of the molecule is N#Cc1ccccc1OCc1nc2c(CNCC3CCNCC3)nccc2c(=O)[nH]1. The van der Waals surface area contributed by atoms with Gasteiger partial charge in [-0.3, -0.25) is 9.78 Å². The van der Waals surface area contributed by atoms with E-state index in [9.17, 15) is 10.1 Å². The second-order valence-electron chi connectivity index (χ2n) is 7.39. The number of nitrogens with zero attached hydrogens (tertiary/aromatic N) is 3. The van der Waals surface area contributed by atoms with E-state index in [1.807, 2.05) is 0 Å². The molecule has 0 radical (unpaired) electrons. The molecule has 0 aliphatic carbocycles. The van der Waals surface area contributed by atoms with Gasteiger partial charge in [-0.2, -0.15) is 5.26 Å². The highest BCUT2D eigenvalue weighted by Crippen LogP contribution is 2.18. The molecular weight excluding hydrogens is 380 g/mol. The number of fused-ring (bicyclic) bond motifs is 1. The van der Waals surface area contributed by atoms with Gasteiger partial charge in [0.25, 0.3) is 5.56 Å². The van der Waals surface area contributed by atoms with Crippen molar-refractivity contribution in [1.82, 2.24) is 25.6 Å². The van der Waals surface area contributed by atoms with Crippen LogP contribution in [-0.4, -0.2) is 34.6 Å². The van der Waals surface area contributed by atoms with Crippen LogP contribution in [0.15, 0.2) is 41.3 Å². The molecule has 1 aromatic carbocycles. The lowest BCUT2D eigenvalue weighted by Gasteiger charge is -2.22. The molecule has 0 amide bonds. The Morgan fingerprint density at radius 3 is 2.90 bits per heavy atom. The molecule has 30 heavy (non-hydrogen) atoms. The fourth-order valence-electron chi connectivity index (χ4n) is 3.68. The number of ether oxygens (including phenoxy) is 1. The van der Waals surface area contributed by atoms with Gasteiger partial charge in [-0.15, -0.1) is 0 Å². The normalized spacial score (nSPS) is 14.5. The molecule has 154 valence electrons. The van der Waals surface area contributed by atoms with Crippen molar-refractivity contribution in [3.63, 3.8) is 0 Å². The summed E-state index contributed by atoms with van der Waals surface area (Å²) >= 11 is 0. The minimum Gasteiger partial charge on any atom is -0.484 e. The fraction of sp³-hybridized carbons (Fsp3) is 0.364. The first-order valence-electron chi connectivity index (χ1n) is 10.1. The van der Waals surface area contributed by atoms with Crippen molar-refractivity contribution < 1.29 is 4.74 Å². The molecule has 2 aromatic heterocycles. The van der Waals surface area contributed by atoms with E-state index in [1.165, 1.54) is 12.8 Å². The van der Waals surface area contributed by atoms with Gasteiger partial charge in [0.1, 0.15) is 29.8 Å². The molecule has 1 fully saturated rings. The second-order valence-corrected chi connectivity index (χ2v) is 7.39. The number of aromatic nitrogens is 3. The van der Waals surface area contributed by atoms with Crippen LogP contribution in [0.5, 0.6) is 5.75 Å². The molecule has 0 unspecified atom stereocenters. The van der Waals surface area contributed by atoms with Gasteiger partial charge in [0.05, 0.1) is 16.6 Å². The lowest BCUT2D eigenvalue weighted by molar-refractivity contribution is 0.295. The Morgan fingerprint density at radius 2 is 2.07 bits per heavy atom. The van der Waals surface area contributed by atoms with E-state index in [4.69, 9.17) is 4.74 Å². The number of pyridine rings is 1. The molecule has 3 N–H and O–H groups in total. The zero-order chi connectivity index (χ0) is 20.8. The minimum atomic E-state index is -0.228. The van der Waals surface area contributed by atoms with Crippen LogP contribution in [0.1, 0.15) is 29.9 Å². The maximum atomic E-state index is 12.5. The standard InChI is InChI=1S/C22H24N6O2/c23-11-16-3-1-2-4-19(16)30-14-20-27-21-17(22(29)28-20)7-10-26-18(21)13-25-12-15-5-8-24-9-6-15/h1-4,7,10,15,24-25H,5-6,8-9,12-14H2,(H,27,28,29). The molecular formula is C22H24N6O2. The largest absolute Gasteiger partial charge is 0.484 e. The third-order valence-electron chi connectivity index (χ3n) is 5.31. The van der Waals surface area contributed by atoms with Crippen LogP contribution < -0.4 is 20.9 Å². The third kappa shape index (κ3) is 4.64. The highest BCUT2D eigenvalue weighted by atomic mass is 16.5. The van der Waals surface area contributed by atoms with Crippen molar-refractivity contribution >= 4 is 10.9 Å². The van der Waals surface area contributed by atoms with Crippen LogP contribution in [0, 0.1) is 17.2 Å². The average molecular weight is 404 g/mol. The summed E-state index contributed by atoms with van der Waals surface area (Å²) in [5.74, 6) is 1.51. The van der Waals surface area contributed by atoms with Crippen molar-refractivity contribution in [2.24, 2.45) is 5.92 Å². The second kappa shape index (κ2) is 9.48. The monoisotopic (exact) mass is 404 g/mol. The van der Waals surface area contributed by atoms with E-state index in [0.29, 0.717) is 40.5 Å². The predicted octanol–water partition coefficient (Wildman–Crippen LogP) is 1.86. The first kappa shape index (κ1) is 20.0. The summed E-state index contributed by atoms with van der Waals surface area (Å²) < 4.78 is 5.72. The van der Waals surface area contributed by atoms with Gasteiger partial charge in [-0.1, -0.05) is 12.1 Å². The lowest BCUT2D eigenvalue weighted by Crippen LogP contribution is -2.33. The molecule has 8 nitrogen and oxygen atoms in total. The Kier molecular flexibility index (Phi) is 6.32. The highest BCUT2D eigenvalue weighted by Gasteiger charge is 2.14. The highest BCUT2D eigenvalue weighted by molar-refractivity contribution is 5.79. The van der Waals surface area contributed by atoms with Gasteiger partial charge in [-0.05, 0) is 56.6 Å². The van der Waals surface area contributed by atoms with E-state index in [0.717, 1.165) is 25.3 Å². The van der Waals surface area contributed by atoms with E-state index in [1.54, 1.807) is 36.5 Å². The van der Waals surface area contributed by atoms with Crippen molar-refractivity contribution in [3.05, 3.63) is 64.0 Å². The summed E-state index contributed by atoms with van der Waals surface area (Å²) in [6.07, 6.45) is 3.97. The number of para-hydroxylation sites is 1. The lowest BCUT2D eigenvalue weighted by atomic mass is 9.98. The molecule has 1 aliphatic rings. The van der Waals surface area contributed by atoms with E-state index >= 15 is 0 Å². The van der Waals surface area contributed by atoms with Crippen LogP contribution in [0.3, 0.4) is 0 Å².